The maximum absolute atomic E-state index is 13.2. The lowest BCUT2D eigenvalue weighted by Crippen LogP contribution is -2.52. The van der Waals surface area contributed by atoms with Gasteiger partial charge in [-0.2, -0.15) is 0 Å². The number of fused-ring (bicyclic) bond motifs is 1. The third kappa shape index (κ3) is 6.47. The predicted octanol–water partition coefficient (Wildman–Crippen LogP) is 6.62. The molecule has 1 aliphatic rings. The molecular weight excluding hydrogens is 572 g/mol. The molecule has 2 N–H and O–H groups in total. The van der Waals surface area contributed by atoms with Gasteiger partial charge in [-0.3, -0.25) is 14.6 Å². The average Bonchev–Trinajstić information content (AvgIpc) is 3.29. The van der Waals surface area contributed by atoms with E-state index in [2.05, 4.69) is 34.8 Å². The number of halogens is 1. The molecule has 1 fully saturated rings. The second kappa shape index (κ2) is 12.6. The molecule has 8 nitrogen and oxygen atoms in total. The Morgan fingerprint density at radius 1 is 1.35 bits per heavy atom. The van der Waals surface area contributed by atoms with Crippen molar-refractivity contribution in [2.24, 2.45) is 16.8 Å². The summed E-state index contributed by atoms with van der Waals surface area (Å²) in [4.78, 5) is 35.2. The Labute approximate surface area is 243 Å². The number of benzene rings is 1. The van der Waals surface area contributed by atoms with Gasteiger partial charge in [0.15, 0.2) is 5.76 Å². The number of nitrogens with one attached hydrogen (secondary N) is 2. The van der Waals surface area contributed by atoms with Gasteiger partial charge in [0.1, 0.15) is 11.3 Å². The largest absolute Gasteiger partial charge is 0.452 e. The number of piperidine rings is 1. The molecule has 1 aliphatic heterocycles. The van der Waals surface area contributed by atoms with E-state index in [0.717, 1.165) is 46.0 Å². The molecule has 40 heavy (non-hydrogen) atoms. The van der Waals surface area contributed by atoms with Crippen molar-refractivity contribution >= 4 is 49.9 Å². The Kier molecular flexibility index (Phi) is 9.46. The first-order chi connectivity index (χ1) is 19.0. The number of amides is 1. The van der Waals surface area contributed by atoms with Crippen LogP contribution in [0, 0.1) is 17.2 Å². The van der Waals surface area contributed by atoms with Crippen molar-refractivity contribution in [3.63, 3.8) is 0 Å². The van der Waals surface area contributed by atoms with E-state index in [1.165, 1.54) is 0 Å². The summed E-state index contributed by atoms with van der Waals surface area (Å²) in [5.41, 5.74) is 3.12. The van der Waals surface area contributed by atoms with Gasteiger partial charge < -0.3 is 24.4 Å². The molecule has 0 bridgehead atoms. The minimum Gasteiger partial charge on any atom is -0.452 e. The molecule has 0 aliphatic carbocycles. The molecule has 2 aromatic heterocycles. The summed E-state index contributed by atoms with van der Waals surface area (Å²) in [6.07, 6.45) is 3.92. The first-order valence-corrected chi connectivity index (χ1v) is 14.7. The highest BCUT2D eigenvalue weighted by atomic mass is 79.9. The molecule has 0 spiro atoms. The number of rotatable bonds is 10. The lowest BCUT2D eigenvalue weighted by atomic mass is 9.68. The van der Waals surface area contributed by atoms with Crippen LogP contribution in [0.4, 0.5) is 5.69 Å². The molecule has 3 atom stereocenters. The van der Waals surface area contributed by atoms with Gasteiger partial charge in [0, 0.05) is 52.4 Å². The van der Waals surface area contributed by atoms with Crippen LogP contribution >= 0.6 is 15.9 Å². The Morgan fingerprint density at radius 3 is 2.83 bits per heavy atom. The van der Waals surface area contributed by atoms with Crippen LogP contribution in [0.15, 0.2) is 55.2 Å². The number of aliphatic imine (C=N–C) groups is 1. The van der Waals surface area contributed by atoms with E-state index in [0.29, 0.717) is 43.5 Å². The van der Waals surface area contributed by atoms with Gasteiger partial charge in [0.2, 0.25) is 5.91 Å². The molecule has 9 heteroatoms. The van der Waals surface area contributed by atoms with Crippen molar-refractivity contribution in [3.8, 4) is 0 Å². The van der Waals surface area contributed by atoms with Crippen LogP contribution in [0.5, 0.6) is 0 Å². The number of hydrogen-bond donors (Lipinski definition) is 2. The number of carbonyl (C=O) groups is 1. The Bertz CT molecular complexity index is 1480. The zero-order chi connectivity index (χ0) is 29.0. The number of aromatic amines is 1. The zero-order valence-electron chi connectivity index (χ0n) is 24.0. The van der Waals surface area contributed by atoms with Crippen LogP contribution in [-0.2, 0) is 14.9 Å². The number of nitrogens with zero attached hydrogens (tertiary/aromatic N) is 2. The van der Waals surface area contributed by atoms with Gasteiger partial charge in [-0.05, 0) is 73.2 Å². The summed E-state index contributed by atoms with van der Waals surface area (Å²) in [6, 6.07) is 9.61. The Hall–Kier alpha value is -3.04. The summed E-state index contributed by atoms with van der Waals surface area (Å²) in [6.45, 7) is 12.0. The minimum atomic E-state index is -0.297. The van der Waals surface area contributed by atoms with E-state index in [9.17, 15) is 9.59 Å². The molecular formula is C31H39BrN4O4. The van der Waals surface area contributed by atoms with Gasteiger partial charge in [-0.1, -0.05) is 32.9 Å². The van der Waals surface area contributed by atoms with Gasteiger partial charge in [0.05, 0.1) is 18.2 Å². The lowest BCUT2D eigenvalue weighted by molar-refractivity contribution is -0.139. The van der Waals surface area contributed by atoms with Crippen LogP contribution in [0.1, 0.15) is 65.2 Å². The van der Waals surface area contributed by atoms with Crippen LogP contribution in [0.2, 0.25) is 0 Å². The standard InChI is InChI=1S/C31H39BrN4O4/c1-19(30(38)36-13-12-31(5,20(2)17-36)25-15-23(32)16-34-29(25)37)18-39-14-8-9-21(3)35-27-24-10-6-7-11-26(24)40-28(27)22(4)33/h6-7,10-11,15-16,19-20,33H,8-9,12-14,17-18H2,1-5H3,(H,34,37). The van der Waals surface area contributed by atoms with Gasteiger partial charge in [-0.15, -0.1) is 0 Å². The number of hydrogen-bond acceptors (Lipinski definition) is 6. The predicted molar refractivity (Wildman–Crippen MR) is 163 cm³/mol. The lowest BCUT2D eigenvalue weighted by Gasteiger charge is -2.45. The summed E-state index contributed by atoms with van der Waals surface area (Å²) in [5.74, 6) is 0.493. The number of pyridine rings is 1. The Balaban J connectivity index is 1.26. The van der Waals surface area contributed by atoms with Crippen LogP contribution in [-0.4, -0.2) is 53.5 Å². The monoisotopic (exact) mass is 610 g/mol. The van der Waals surface area contributed by atoms with E-state index in [1.807, 2.05) is 49.1 Å². The summed E-state index contributed by atoms with van der Waals surface area (Å²) in [7, 11) is 0. The quantitative estimate of drug-likeness (QED) is 0.198. The highest BCUT2D eigenvalue weighted by Crippen LogP contribution is 2.39. The third-order valence-corrected chi connectivity index (χ3v) is 8.56. The highest BCUT2D eigenvalue weighted by Gasteiger charge is 2.41. The van der Waals surface area contributed by atoms with Gasteiger partial charge >= 0.3 is 0 Å². The molecule has 3 aromatic rings. The topological polar surface area (TPSA) is 112 Å². The van der Waals surface area contributed by atoms with Crippen molar-refractivity contribution in [1.82, 2.24) is 9.88 Å². The summed E-state index contributed by atoms with van der Waals surface area (Å²) in [5, 5.41) is 8.96. The smallest absolute Gasteiger partial charge is 0.251 e. The molecule has 4 rings (SSSR count). The maximum atomic E-state index is 13.2. The van der Waals surface area contributed by atoms with Crippen LogP contribution in [0.3, 0.4) is 0 Å². The van der Waals surface area contributed by atoms with Crippen molar-refractivity contribution in [1.29, 1.82) is 5.41 Å². The number of carbonyl (C=O) groups excluding carboxylic acids is 1. The first-order valence-electron chi connectivity index (χ1n) is 13.9. The van der Waals surface area contributed by atoms with Crippen LogP contribution in [0.25, 0.3) is 11.0 Å². The summed E-state index contributed by atoms with van der Waals surface area (Å²) < 4.78 is 12.6. The van der Waals surface area contributed by atoms with Crippen molar-refractivity contribution in [2.45, 2.75) is 59.3 Å². The fraction of sp³-hybridized carbons (Fsp3) is 0.484. The number of para-hydroxylation sites is 1. The van der Waals surface area contributed by atoms with Crippen molar-refractivity contribution < 1.29 is 13.9 Å². The fourth-order valence-electron chi connectivity index (χ4n) is 5.44. The molecule has 3 heterocycles. The normalized spacial score (nSPS) is 20.6. The SMILES string of the molecule is CC(=N)c1oc2ccccc2c1N=C(C)CCCOCC(C)C(=O)N1CCC(C)(c2cc(Br)c[nH]c2=O)C(C)C1. The van der Waals surface area contributed by atoms with Crippen LogP contribution < -0.4 is 5.56 Å². The number of furan rings is 1. The molecule has 1 saturated heterocycles. The Morgan fingerprint density at radius 2 is 2.10 bits per heavy atom. The van der Waals surface area contributed by atoms with E-state index in [1.54, 1.807) is 13.1 Å². The fourth-order valence-corrected chi connectivity index (χ4v) is 5.78. The molecule has 0 saturated carbocycles. The second-order valence-corrected chi connectivity index (χ2v) is 12.2. The third-order valence-electron chi connectivity index (χ3n) is 8.11. The molecule has 0 radical (unpaired) electrons. The highest BCUT2D eigenvalue weighted by molar-refractivity contribution is 9.10. The average molecular weight is 612 g/mol. The molecule has 3 unspecified atom stereocenters. The zero-order valence-corrected chi connectivity index (χ0v) is 25.6. The number of likely N-dealkylation sites (tertiary alicyclic amines) is 1. The molecule has 1 amide bonds. The van der Waals surface area contributed by atoms with Crippen molar-refractivity contribution in [2.75, 3.05) is 26.3 Å². The van der Waals surface area contributed by atoms with Gasteiger partial charge in [-0.25, -0.2) is 0 Å². The number of aromatic nitrogens is 1. The first kappa shape index (κ1) is 29.9. The number of H-pyrrole nitrogens is 1. The maximum Gasteiger partial charge on any atom is 0.251 e. The molecule has 1 aromatic carbocycles. The molecule has 214 valence electrons. The second-order valence-electron chi connectivity index (χ2n) is 11.2. The van der Waals surface area contributed by atoms with E-state index in [4.69, 9.17) is 19.6 Å². The summed E-state index contributed by atoms with van der Waals surface area (Å²) >= 11 is 3.47. The van der Waals surface area contributed by atoms with E-state index < -0.39 is 0 Å². The minimum absolute atomic E-state index is 0.0669. The van der Waals surface area contributed by atoms with E-state index >= 15 is 0 Å². The number of ether oxygens (including phenoxy) is 1. The van der Waals surface area contributed by atoms with E-state index in [-0.39, 0.29) is 28.7 Å². The van der Waals surface area contributed by atoms with Crippen molar-refractivity contribution in [3.05, 3.63) is 62.7 Å². The van der Waals surface area contributed by atoms with Gasteiger partial charge in [0.25, 0.3) is 5.56 Å².